The van der Waals surface area contributed by atoms with E-state index in [1.165, 1.54) is 12.1 Å². The highest BCUT2D eigenvalue weighted by atomic mass is 19.1. The van der Waals surface area contributed by atoms with Gasteiger partial charge in [-0.25, -0.2) is 9.18 Å². The minimum atomic E-state index is -1.29. The summed E-state index contributed by atoms with van der Waals surface area (Å²) in [6, 6.07) is 3.91. The number of amides is 1. The van der Waals surface area contributed by atoms with Crippen LogP contribution in [0.4, 0.5) is 4.39 Å². The van der Waals surface area contributed by atoms with Crippen LogP contribution in [0, 0.1) is 5.82 Å². The minimum absolute atomic E-state index is 0.0613. The van der Waals surface area contributed by atoms with Crippen molar-refractivity contribution in [3.63, 3.8) is 0 Å². The number of likely N-dealkylation sites (tertiary alicyclic amines) is 1. The average Bonchev–Trinajstić information content (AvgIpc) is 2.67. The summed E-state index contributed by atoms with van der Waals surface area (Å²) in [5.41, 5.74) is 0.285. The van der Waals surface area contributed by atoms with Gasteiger partial charge in [-0.05, 0) is 24.1 Å². The molecule has 0 radical (unpaired) electrons. The Morgan fingerprint density at radius 1 is 1.47 bits per heavy atom. The summed E-state index contributed by atoms with van der Waals surface area (Å²) in [7, 11) is 0. The van der Waals surface area contributed by atoms with Crippen molar-refractivity contribution in [2.24, 2.45) is 0 Å². The van der Waals surface area contributed by atoms with E-state index in [0.29, 0.717) is 25.1 Å². The molecule has 1 amide bonds. The number of nitrogens with zero attached hydrogens (tertiary/aromatic N) is 1. The summed E-state index contributed by atoms with van der Waals surface area (Å²) >= 11 is 0. The van der Waals surface area contributed by atoms with Crippen LogP contribution < -0.4 is 0 Å². The van der Waals surface area contributed by atoms with Crippen LogP contribution in [0.2, 0.25) is 0 Å². The molecule has 2 rings (SSSR count). The maximum atomic E-state index is 13.1. The quantitative estimate of drug-likeness (QED) is 0.869. The number of carbonyl (C=O) groups is 2. The molecule has 5 heteroatoms. The van der Waals surface area contributed by atoms with Crippen molar-refractivity contribution in [3.8, 4) is 0 Å². The predicted octanol–water partition coefficient (Wildman–Crippen LogP) is 1.65. The first kappa shape index (κ1) is 11.6. The van der Waals surface area contributed by atoms with E-state index in [4.69, 9.17) is 5.11 Å². The van der Waals surface area contributed by atoms with Gasteiger partial charge in [-0.2, -0.15) is 0 Å². The molecule has 1 aromatic carbocycles. The molecule has 1 aliphatic rings. The third-order valence-electron chi connectivity index (χ3n) is 2.81. The van der Waals surface area contributed by atoms with Crippen LogP contribution in [-0.4, -0.2) is 28.4 Å². The Kier molecular flexibility index (Phi) is 3.08. The highest BCUT2D eigenvalue weighted by Gasteiger charge is 2.20. The van der Waals surface area contributed by atoms with E-state index in [1.54, 1.807) is 4.90 Å². The Morgan fingerprint density at radius 2 is 2.24 bits per heavy atom. The maximum Gasteiger partial charge on any atom is 0.338 e. The van der Waals surface area contributed by atoms with Crippen molar-refractivity contribution in [1.82, 2.24) is 4.90 Å². The first-order chi connectivity index (χ1) is 8.08. The Hall–Kier alpha value is -1.91. The molecule has 1 N–H and O–H groups in total. The zero-order chi connectivity index (χ0) is 12.4. The second-order valence-electron chi connectivity index (χ2n) is 4.04. The van der Waals surface area contributed by atoms with Gasteiger partial charge in [0.05, 0.1) is 5.56 Å². The monoisotopic (exact) mass is 237 g/mol. The molecule has 0 bridgehead atoms. The summed E-state index contributed by atoms with van der Waals surface area (Å²) in [6.07, 6.45) is 1.36. The molecule has 1 saturated heterocycles. The Balaban J connectivity index is 2.19. The predicted molar refractivity (Wildman–Crippen MR) is 58.0 cm³/mol. The average molecular weight is 237 g/mol. The molecule has 1 aromatic rings. The van der Waals surface area contributed by atoms with Crippen molar-refractivity contribution >= 4 is 11.9 Å². The summed E-state index contributed by atoms with van der Waals surface area (Å²) in [4.78, 5) is 23.8. The number of carboxylic acids is 1. The number of carbonyl (C=O) groups excluding carboxylic acids is 1. The van der Waals surface area contributed by atoms with E-state index in [2.05, 4.69) is 0 Å². The fraction of sp³-hybridized carbons (Fsp3) is 0.333. The van der Waals surface area contributed by atoms with E-state index in [1.807, 2.05) is 0 Å². The van der Waals surface area contributed by atoms with E-state index in [-0.39, 0.29) is 11.5 Å². The zero-order valence-corrected chi connectivity index (χ0v) is 9.15. The molecular weight excluding hydrogens is 225 g/mol. The smallest absolute Gasteiger partial charge is 0.338 e. The second kappa shape index (κ2) is 4.53. The lowest BCUT2D eigenvalue weighted by Gasteiger charge is -2.15. The number of benzene rings is 1. The minimum Gasteiger partial charge on any atom is -0.478 e. The van der Waals surface area contributed by atoms with Gasteiger partial charge in [-0.1, -0.05) is 6.07 Å². The van der Waals surface area contributed by atoms with Crippen LogP contribution in [0.1, 0.15) is 28.8 Å². The topological polar surface area (TPSA) is 57.6 Å². The molecule has 4 nitrogen and oxygen atoms in total. The largest absolute Gasteiger partial charge is 0.478 e. The van der Waals surface area contributed by atoms with Crippen molar-refractivity contribution in [3.05, 3.63) is 35.1 Å². The Morgan fingerprint density at radius 3 is 2.82 bits per heavy atom. The molecule has 1 fully saturated rings. The normalized spacial score (nSPS) is 15.4. The lowest BCUT2D eigenvalue weighted by Crippen LogP contribution is -2.24. The highest BCUT2D eigenvalue weighted by Crippen LogP contribution is 2.16. The highest BCUT2D eigenvalue weighted by molar-refractivity contribution is 5.88. The lowest BCUT2D eigenvalue weighted by atomic mass is 10.1. The summed E-state index contributed by atoms with van der Waals surface area (Å²) in [5, 5.41) is 8.78. The number of aromatic carboxylic acids is 1. The van der Waals surface area contributed by atoms with Gasteiger partial charge in [-0.3, -0.25) is 4.79 Å². The molecule has 0 aromatic heterocycles. The van der Waals surface area contributed by atoms with Crippen LogP contribution in [0.15, 0.2) is 18.2 Å². The van der Waals surface area contributed by atoms with Gasteiger partial charge < -0.3 is 10.0 Å². The maximum absolute atomic E-state index is 13.1. The van der Waals surface area contributed by atoms with Crippen LogP contribution in [-0.2, 0) is 11.3 Å². The van der Waals surface area contributed by atoms with E-state index in [9.17, 15) is 14.0 Å². The fourth-order valence-corrected chi connectivity index (χ4v) is 1.93. The van der Waals surface area contributed by atoms with Gasteiger partial charge in [0.1, 0.15) is 5.82 Å². The van der Waals surface area contributed by atoms with Gasteiger partial charge in [-0.15, -0.1) is 0 Å². The van der Waals surface area contributed by atoms with Crippen molar-refractivity contribution in [2.45, 2.75) is 19.4 Å². The number of hydrogen-bond donors (Lipinski definition) is 1. The summed E-state index contributed by atoms with van der Waals surface area (Å²) in [6.45, 7) is 1.03. The number of hydrogen-bond acceptors (Lipinski definition) is 2. The molecule has 0 spiro atoms. The van der Waals surface area contributed by atoms with E-state index >= 15 is 0 Å². The fourth-order valence-electron chi connectivity index (χ4n) is 1.93. The van der Waals surface area contributed by atoms with Crippen molar-refractivity contribution in [1.29, 1.82) is 0 Å². The molecule has 1 aliphatic heterocycles. The summed E-state index contributed by atoms with van der Waals surface area (Å²) in [5.74, 6) is -1.99. The zero-order valence-electron chi connectivity index (χ0n) is 9.15. The number of rotatable bonds is 3. The third kappa shape index (κ3) is 2.43. The molecule has 0 atom stereocenters. The van der Waals surface area contributed by atoms with Gasteiger partial charge in [0.15, 0.2) is 0 Å². The van der Waals surface area contributed by atoms with Gasteiger partial charge >= 0.3 is 5.97 Å². The molecule has 0 aliphatic carbocycles. The second-order valence-corrected chi connectivity index (χ2v) is 4.04. The van der Waals surface area contributed by atoms with Gasteiger partial charge in [0.2, 0.25) is 5.91 Å². The molecule has 0 unspecified atom stereocenters. The standard InChI is InChI=1S/C12H12FNO3/c13-10-4-3-8(6-9(10)12(16)17)7-14-5-1-2-11(14)15/h3-4,6H,1-2,5,7H2,(H,16,17). The molecule has 17 heavy (non-hydrogen) atoms. The summed E-state index contributed by atoms with van der Waals surface area (Å²) < 4.78 is 13.1. The first-order valence-corrected chi connectivity index (χ1v) is 5.37. The number of halogens is 1. The van der Waals surface area contributed by atoms with Crippen molar-refractivity contribution < 1.29 is 19.1 Å². The number of carboxylic acid groups (broad SMARTS) is 1. The van der Waals surface area contributed by atoms with Crippen LogP contribution in [0.3, 0.4) is 0 Å². The molecular formula is C12H12FNO3. The van der Waals surface area contributed by atoms with Crippen LogP contribution in [0.25, 0.3) is 0 Å². The molecule has 90 valence electrons. The first-order valence-electron chi connectivity index (χ1n) is 5.37. The lowest BCUT2D eigenvalue weighted by molar-refractivity contribution is -0.128. The van der Waals surface area contributed by atoms with Gasteiger partial charge in [0.25, 0.3) is 0 Å². The Bertz CT molecular complexity index is 473. The third-order valence-corrected chi connectivity index (χ3v) is 2.81. The van der Waals surface area contributed by atoms with E-state index < -0.39 is 11.8 Å². The van der Waals surface area contributed by atoms with Crippen LogP contribution >= 0.6 is 0 Å². The molecule has 0 saturated carbocycles. The van der Waals surface area contributed by atoms with Gasteiger partial charge in [0, 0.05) is 19.5 Å². The van der Waals surface area contributed by atoms with Crippen molar-refractivity contribution in [2.75, 3.05) is 6.54 Å². The van der Waals surface area contributed by atoms with E-state index in [0.717, 1.165) is 12.5 Å². The molecule has 1 heterocycles. The van der Waals surface area contributed by atoms with Crippen LogP contribution in [0.5, 0.6) is 0 Å². The SMILES string of the molecule is O=C(O)c1cc(CN2CCCC2=O)ccc1F. The Labute approximate surface area is 97.7 Å².